The van der Waals surface area contributed by atoms with E-state index in [2.05, 4.69) is 15.2 Å². The van der Waals surface area contributed by atoms with Gasteiger partial charge < -0.3 is 5.73 Å². The third-order valence-corrected chi connectivity index (χ3v) is 1.89. The van der Waals surface area contributed by atoms with Crippen molar-refractivity contribution in [2.75, 3.05) is 0 Å². The second-order valence-corrected chi connectivity index (χ2v) is 2.97. The molecule has 1 amide bonds. The second-order valence-electron chi connectivity index (χ2n) is 2.97. The van der Waals surface area contributed by atoms with Crippen LogP contribution >= 0.6 is 0 Å². The molecule has 1 aromatic rings. The quantitative estimate of drug-likeness (QED) is 0.707. The van der Waals surface area contributed by atoms with Crippen molar-refractivity contribution >= 4 is 23.2 Å². The van der Waals surface area contributed by atoms with Crippen molar-refractivity contribution in [1.82, 2.24) is 10.2 Å². The molecule has 0 aromatic carbocycles. The Kier molecular flexibility index (Phi) is 3.33. The predicted octanol–water partition coefficient (Wildman–Crippen LogP) is 0.580. The number of carbonyl (C=O) groups is 2. The number of ketones is 1. The number of hydrogen-bond donors (Lipinski definition) is 2. The van der Waals surface area contributed by atoms with Crippen LogP contribution in [-0.2, 0) is 4.79 Å². The smallest absolute Gasteiger partial charge is 0.254 e. The summed E-state index contributed by atoms with van der Waals surface area (Å²) in [6, 6.07) is 0. The highest BCUT2D eigenvalue weighted by atomic mass is 16.1. The molecule has 0 bridgehead atoms. The highest BCUT2D eigenvalue weighted by Crippen LogP contribution is 2.14. The summed E-state index contributed by atoms with van der Waals surface area (Å²) < 4.78 is 0. The van der Waals surface area contributed by atoms with Gasteiger partial charge in [-0.1, -0.05) is 6.92 Å². The number of H-pyrrole nitrogens is 1. The maximum Gasteiger partial charge on any atom is 0.254 e. The van der Waals surface area contributed by atoms with Crippen LogP contribution in [0.5, 0.6) is 0 Å². The van der Waals surface area contributed by atoms with Crippen LogP contribution in [-0.4, -0.2) is 27.6 Å². The first-order valence-corrected chi connectivity index (χ1v) is 4.48. The average molecular weight is 208 g/mol. The van der Waals surface area contributed by atoms with Crippen LogP contribution in [0.15, 0.2) is 11.2 Å². The lowest BCUT2D eigenvalue weighted by molar-refractivity contribution is -0.112. The number of Topliss-reactive ketones (excluding diaryl/α,β-unsaturated/α-hetero) is 1. The van der Waals surface area contributed by atoms with E-state index in [4.69, 9.17) is 5.73 Å². The van der Waals surface area contributed by atoms with E-state index >= 15 is 0 Å². The molecule has 0 fully saturated rings. The predicted molar refractivity (Wildman–Crippen MR) is 55.2 cm³/mol. The number of hydrogen-bond acceptors (Lipinski definition) is 4. The van der Waals surface area contributed by atoms with Crippen LogP contribution in [0, 0.1) is 0 Å². The second kappa shape index (κ2) is 4.50. The summed E-state index contributed by atoms with van der Waals surface area (Å²) in [5, 5.41) is 6.14. The fraction of sp³-hybridized carbons (Fsp3) is 0.333. The van der Waals surface area contributed by atoms with Crippen molar-refractivity contribution in [3.8, 4) is 0 Å². The first kappa shape index (κ1) is 11.1. The van der Waals surface area contributed by atoms with E-state index in [0.717, 1.165) is 0 Å². The largest absolute Gasteiger partial charge is 0.365 e. The van der Waals surface area contributed by atoms with Gasteiger partial charge in [0.2, 0.25) is 0 Å². The van der Waals surface area contributed by atoms with E-state index in [1.54, 1.807) is 13.8 Å². The molecule has 0 aliphatic rings. The Morgan fingerprint density at radius 1 is 1.60 bits per heavy atom. The Bertz CT molecular complexity index is 420. The Morgan fingerprint density at radius 2 is 2.27 bits per heavy atom. The number of nitrogens with two attached hydrogens (primary N) is 1. The molecule has 0 radical (unpaired) electrons. The minimum absolute atomic E-state index is 0.0833. The molecule has 1 rings (SSSR count). The molecule has 0 atom stereocenters. The fourth-order valence-electron chi connectivity index (χ4n) is 1.03. The molecule has 0 aliphatic heterocycles. The van der Waals surface area contributed by atoms with Crippen LogP contribution in [0.4, 0.5) is 5.82 Å². The SMILES string of the molecule is CCC(=O)/C(C)=N/c1[nH]ncc1C(N)=O. The molecule has 0 aliphatic carbocycles. The third kappa shape index (κ3) is 2.49. The minimum Gasteiger partial charge on any atom is -0.365 e. The van der Waals surface area contributed by atoms with Gasteiger partial charge in [0.25, 0.3) is 5.91 Å². The molecule has 15 heavy (non-hydrogen) atoms. The van der Waals surface area contributed by atoms with E-state index in [1.165, 1.54) is 6.20 Å². The zero-order valence-corrected chi connectivity index (χ0v) is 8.57. The summed E-state index contributed by atoms with van der Waals surface area (Å²) in [6.45, 7) is 3.32. The maximum absolute atomic E-state index is 11.2. The normalized spacial score (nSPS) is 11.5. The molecule has 1 aromatic heterocycles. The Morgan fingerprint density at radius 3 is 2.80 bits per heavy atom. The van der Waals surface area contributed by atoms with Crippen LogP contribution in [0.1, 0.15) is 30.6 Å². The van der Waals surface area contributed by atoms with E-state index in [1.807, 2.05) is 0 Å². The van der Waals surface area contributed by atoms with Crippen LogP contribution < -0.4 is 5.73 Å². The molecule has 0 saturated carbocycles. The van der Waals surface area contributed by atoms with Gasteiger partial charge >= 0.3 is 0 Å². The molecular formula is C9H12N4O2. The first-order valence-electron chi connectivity index (χ1n) is 4.48. The van der Waals surface area contributed by atoms with Crippen LogP contribution in [0.2, 0.25) is 0 Å². The summed E-state index contributed by atoms with van der Waals surface area (Å²) in [6.07, 6.45) is 1.65. The molecule has 6 heteroatoms. The van der Waals surface area contributed by atoms with Crippen molar-refractivity contribution in [3.63, 3.8) is 0 Å². The van der Waals surface area contributed by atoms with Gasteiger partial charge in [0.15, 0.2) is 11.6 Å². The Labute approximate surface area is 86.6 Å². The van der Waals surface area contributed by atoms with Gasteiger partial charge in [-0.2, -0.15) is 5.10 Å². The summed E-state index contributed by atoms with van der Waals surface area (Å²) >= 11 is 0. The summed E-state index contributed by atoms with van der Waals surface area (Å²) in [5.74, 6) is -0.485. The Balaban J connectivity index is 3.03. The number of nitrogens with zero attached hydrogens (tertiary/aromatic N) is 2. The van der Waals surface area contributed by atoms with Gasteiger partial charge in [-0.05, 0) is 6.92 Å². The van der Waals surface area contributed by atoms with E-state index in [9.17, 15) is 9.59 Å². The number of nitrogens with one attached hydrogen (secondary N) is 1. The third-order valence-electron chi connectivity index (χ3n) is 1.89. The van der Waals surface area contributed by atoms with E-state index in [0.29, 0.717) is 12.1 Å². The van der Waals surface area contributed by atoms with E-state index in [-0.39, 0.29) is 17.2 Å². The number of aromatic nitrogens is 2. The average Bonchev–Trinajstić information content (AvgIpc) is 2.64. The summed E-state index contributed by atoms with van der Waals surface area (Å²) in [5.41, 5.74) is 5.59. The van der Waals surface area contributed by atoms with Crippen molar-refractivity contribution in [2.24, 2.45) is 10.7 Å². The number of aromatic amines is 1. The standard InChI is InChI=1S/C9H12N4O2/c1-3-7(14)5(2)12-9-6(8(10)15)4-11-13-9/h4H,3H2,1-2H3,(H2,10,15)(H,11,13)/b12-5+. The Hall–Kier alpha value is -1.98. The lowest BCUT2D eigenvalue weighted by atomic mass is 10.2. The first-order chi connectivity index (χ1) is 7.06. The zero-order valence-electron chi connectivity index (χ0n) is 8.57. The highest BCUT2D eigenvalue weighted by Gasteiger charge is 2.11. The van der Waals surface area contributed by atoms with Crippen molar-refractivity contribution in [2.45, 2.75) is 20.3 Å². The molecule has 6 nitrogen and oxygen atoms in total. The van der Waals surface area contributed by atoms with Gasteiger partial charge in [-0.3, -0.25) is 14.7 Å². The van der Waals surface area contributed by atoms with Gasteiger partial charge in [0, 0.05) is 6.42 Å². The lowest BCUT2D eigenvalue weighted by Gasteiger charge is -1.96. The molecule has 0 spiro atoms. The molecule has 0 unspecified atom stereocenters. The molecule has 1 heterocycles. The van der Waals surface area contributed by atoms with Crippen LogP contribution in [0.3, 0.4) is 0 Å². The lowest BCUT2D eigenvalue weighted by Crippen LogP contribution is -2.11. The topological polar surface area (TPSA) is 101 Å². The van der Waals surface area contributed by atoms with Gasteiger partial charge in [-0.15, -0.1) is 0 Å². The van der Waals surface area contributed by atoms with Gasteiger partial charge in [0.1, 0.15) is 5.56 Å². The van der Waals surface area contributed by atoms with E-state index < -0.39 is 5.91 Å². The number of primary amides is 1. The number of aliphatic imine (C=N–C) groups is 1. The van der Waals surface area contributed by atoms with Crippen molar-refractivity contribution in [1.29, 1.82) is 0 Å². The monoisotopic (exact) mass is 208 g/mol. The molecule has 3 N–H and O–H groups in total. The van der Waals surface area contributed by atoms with Gasteiger partial charge in [0.05, 0.1) is 11.9 Å². The molecule has 80 valence electrons. The zero-order chi connectivity index (χ0) is 11.4. The van der Waals surface area contributed by atoms with Gasteiger partial charge in [-0.25, -0.2) is 4.99 Å². The van der Waals surface area contributed by atoms with Crippen molar-refractivity contribution in [3.05, 3.63) is 11.8 Å². The van der Waals surface area contributed by atoms with Crippen molar-refractivity contribution < 1.29 is 9.59 Å². The summed E-state index contributed by atoms with van der Waals surface area (Å²) in [4.78, 5) is 26.1. The number of amides is 1. The minimum atomic E-state index is -0.626. The highest BCUT2D eigenvalue weighted by molar-refractivity contribution is 6.39. The summed E-state index contributed by atoms with van der Waals surface area (Å²) in [7, 11) is 0. The number of carbonyl (C=O) groups excluding carboxylic acids is 2. The molecular weight excluding hydrogens is 196 g/mol. The van der Waals surface area contributed by atoms with Crippen LogP contribution in [0.25, 0.3) is 0 Å². The maximum atomic E-state index is 11.2. The number of rotatable bonds is 4. The molecule has 0 saturated heterocycles. The fourth-order valence-corrected chi connectivity index (χ4v) is 1.03.